The Labute approximate surface area is 444 Å². The largest absolute Gasteiger partial charge is 0.454 e. The van der Waals surface area contributed by atoms with Gasteiger partial charge < -0.3 is 45.1 Å². The fourth-order valence-electron chi connectivity index (χ4n) is 8.29. The first-order valence-corrected chi connectivity index (χ1v) is 29.0. The molecular weight excluding hydrogens is 919 g/mol. The van der Waals surface area contributed by atoms with Crippen molar-refractivity contribution < 1.29 is 49.3 Å². The van der Waals surface area contributed by atoms with Gasteiger partial charge in [0.05, 0.1) is 25.4 Å². The smallest absolute Gasteiger partial charge is 0.306 e. The van der Waals surface area contributed by atoms with Gasteiger partial charge in [0.25, 0.3) is 0 Å². The van der Waals surface area contributed by atoms with E-state index in [1.807, 2.05) is 18.2 Å². The third-order valence-electron chi connectivity index (χ3n) is 13.0. The Balaban J connectivity index is 2.78. The molecule has 6 N–H and O–H groups in total. The van der Waals surface area contributed by atoms with Crippen LogP contribution in [0.3, 0.4) is 0 Å². The quantitative estimate of drug-likeness (QED) is 0.0196. The van der Waals surface area contributed by atoms with E-state index in [-0.39, 0.29) is 19.4 Å². The summed E-state index contributed by atoms with van der Waals surface area (Å²) in [5.74, 6) is -1.28. The first-order valence-electron chi connectivity index (χ1n) is 29.0. The molecule has 8 unspecified atom stereocenters. The summed E-state index contributed by atoms with van der Waals surface area (Å²) in [6.45, 7) is 5.65. The Morgan fingerprint density at radius 2 is 0.945 bits per heavy atom. The maximum atomic E-state index is 13.3. The van der Waals surface area contributed by atoms with E-state index in [9.17, 15) is 35.1 Å². The molecule has 73 heavy (non-hydrogen) atoms. The molecule has 1 heterocycles. The number of amides is 1. The number of aliphatic hydroxyl groups excluding tert-OH is 5. The van der Waals surface area contributed by atoms with Crippen LogP contribution < -0.4 is 5.32 Å². The first kappa shape index (κ1) is 67.6. The molecule has 1 aliphatic rings. The second-order valence-electron chi connectivity index (χ2n) is 19.7. The van der Waals surface area contributed by atoms with Gasteiger partial charge >= 0.3 is 5.97 Å². The number of hydrogen-bond donors (Lipinski definition) is 6. The number of rotatable bonds is 47. The second-order valence-corrected chi connectivity index (χ2v) is 19.7. The number of allylic oxidation sites excluding steroid dienone is 15. The molecule has 418 valence electrons. The van der Waals surface area contributed by atoms with Crippen molar-refractivity contribution in [3.05, 3.63) is 97.2 Å². The van der Waals surface area contributed by atoms with Crippen molar-refractivity contribution in [1.29, 1.82) is 0 Å². The van der Waals surface area contributed by atoms with Crippen LogP contribution in [-0.4, -0.2) is 99.6 Å². The zero-order chi connectivity index (χ0) is 53.3. The third-order valence-corrected chi connectivity index (χ3v) is 13.0. The van der Waals surface area contributed by atoms with E-state index in [0.717, 1.165) is 96.3 Å². The summed E-state index contributed by atoms with van der Waals surface area (Å²) < 4.78 is 17.5. The minimum absolute atomic E-state index is 0.0866. The maximum Gasteiger partial charge on any atom is 0.306 e. The van der Waals surface area contributed by atoms with Crippen LogP contribution >= 0.6 is 0 Å². The number of carbonyl (C=O) groups excluding carboxylic acids is 2. The van der Waals surface area contributed by atoms with Crippen molar-refractivity contribution in [1.82, 2.24) is 5.32 Å². The lowest BCUT2D eigenvalue weighted by Gasteiger charge is -2.41. The molecule has 1 rings (SSSR count). The van der Waals surface area contributed by atoms with Crippen LogP contribution in [0.2, 0.25) is 0 Å². The van der Waals surface area contributed by atoms with Crippen LogP contribution in [0.4, 0.5) is 0 Å². The lowest BCUT2D eigenvalue weighted by molar-refractivity contribution is -0.305. The molecule has 0 radical (unpaired) electrons. The molecule has 0 aromatic carbocycles. The van der Waals surface area contributed by atoms with Crippen LogP contribution in [0.25, 0.3) is 0 Å². The molecule has 11 heteroatoms. The molecule has 1 fully saturated rings. The van der Waals surface area contributed by atoms with Gasteiger partial charge in [-0.15, -0.1) is 0 Å². The summed E-state index contributed by atoms with van der Waals surface area (Å²) in [6, 6.07) is -1.06. The summed E-state index contributed by atoms with van der Waals surface area (Å²) in [7, 11) is 0. The molecule has 1 amide bonds. The van der Waals surface area contributed by atoms with E-state index in [1.165, 1.54) is 77.0 Å². The Morgan fingerprint density at radius 1 is 0.534 bits per heavy atom. The molecular formula is C62H105NO10. The van der Waals surface area contributed by atoms with Crippen molar-refractivity contribution in [2.24, 2.45) is 0 Å². The van der Waals surface area contributed by atoms with Crippen molar-refractivity contribution in [3.8, 4) is 0 Å². The molecule has 0 bridgehead atoms. The number of carbonyl (C=O) groups is 2. The molecule has 8 atom stereocenters. The zero-order valence-corrected chi connectivity index (χ0v) is 46.0. The van der Waals surface area contributed by atoms with Gasteiger partial charge in [-0.3, -0.25) is 9.59 Å². The van der Waals surface area contributed by atoms with Crippen molar-refractivity contribution in [3.63, 3.8) is 0 Å². The molecule has 0 spiro atoms. The zero-order valence-electron chi connectivity index (χ0n) is 46.0. The topological polar surface area (TPSA) is 175 Å². The minimum atomic E-state index is -1.64. The number of hydrogen-bond acceptors (Lipinski definition) is 10. The van der Waals surface area contributed by atoms with Gasteiger partial charge in [0, 0.05) is 6.42 Å². The van der Waals surface area contributed by atoms with E-state index >= 15 is 0 Å². The Hall–Kier alpha value is -3.42. The molecule has 1 saturated heterocycles. The fraction of sp³-hybridized carbons (Fsp3) is 0.710. The van der Waals surface area contributed by atoms with Gasteiger partial charge in [0.2, 0.25) is 5.91 Å². The molecule has 0 saturated carbocycles. The Bertz CT molecular complexity index is 1550. The standard InChI is InChI=1S/C62H105NO10/c1-4-7-10-13-16-19-22-24-26-28-30-32-35-38-41-44-47-50-57(67)73-60-59(69)58(68)56(51-64)72-62(60)71-52-53(54(65)48-45-42-39-36-33-21-18-15-12-9-6-3)63-61(70)55(66)49-46-43-40-37-34-31-29-27-25-23-20-17-14-11-8-5-2/h16-17,19-20,24-27,30-32,34,40,43,45,48,53-56,58-60,62,64-66,68-69H,4-15,18,21-23,28-29,33,35-39,41-42,44,46-47,49-52H2,1-3H3,(H,63,70)/b19-16-,20-17-,26-24-,27-25-,32-30-,34-31-,43-40-,48-45+. The Kier molecular flexibility index (Phi) is 45.8. The molecule has 0 aliphatic carbocycles. The predicted molar refractivity (Wildman–Crippen MR) is 301 cm³/mol. The van der Waals surface area contributed by atoms with E-state index in [1.54, 1.807) is 6.08 Å². The van der Waals surface area contributed by atoms with Crippen molar-refractivity contribution in [2.45, 2.75) is 269 Å². The summed E-state index contributed by atoms with van der Waals surface area (Å²) in [6.07, 6.45) is 54.5. The van der Waals surface area contributed by atoms with Crippen LogP contribution in [0, 0.1) is 0 Å². The highest BCUT2D eigenvalue weighted by atomic mass is 16.7. The monoisotopic (exact) mass is 1020 g/mol. The summed E-state index contributed by atoms with van der Waals surface area (Å²) in [5, 5.41) is 56.7. The minimum Gasteiger partial charge on any atom is -0.454 e. The predicted octanol–water partition coefficient (Wildman–Crippen LogP) is 13.2. The van der Waals surface area contributed by atoms with Gasteiger partial charge in [-0.05, 0) is 103 Å². The maximum absolute atomic E-state index is 13.3. The van der Waals surface area contributed by atoms with Crippen molar-refractivity contribution >= 4 is 11.9 Å². The van der Waals surface area contributed by atoms with Gasteiger partial charge in [-0.25, -0.2) is 0 Å². The summed E-state index contributed by atoms with van der Waals surface area (Å²) in [4.78, 5) is 26.4. The molecule has 0 aromatic heterocycles. The SMILES string of the molecule is CCCCC/C=C\C/C=C\C/C=C\C/C=C\CCC(O)C(=O)NC(COC1OC(CO)C(O)C(O)C1OC(=O)CCCCCC/C=C\C/C=C\C/C=C\CCCCC)C(O)/C=C/CCCCCCCCCCC. The normalized spacial score (nSPS) is 20.1. The highest BCUT2D eigenvalue weighted by Gasteiger charge is 2.47. The Morgan fingerprint density at radius 3 is 1.44 bits per heavy atom. The lowest BCUT2D eigenvalue weighted by atomic mass is 9.99. The molecule has 0 aromatic rings. The summed E-state index contributed by atoms with van der Waals surface area (Å²) >= 11 is 0. The highest BCUT2D eigenvalue weighted by Crippen LogP contribution is 2.26. The lowest BCUT2D eigenvalue weighted by Crippen LogP contribution is -2.61. The number of esters is 1. The van der Waals surface area contributed by atoms with Crippen LogP contribution in [-0.2, 0) is 23.8 Å². The highest BCUT2D eigenvalue weighted by molar-refractivity contribution is 5.80. The number of unbranched alkanes of at least 4 members (excludes halogenated alkanes) is 19. The number of ether oxygens (including phenoxy) is 3. The van der Waals surface area contributed by atoms with Gasteiger partial charge in [0.15, 0.2) is 12.4 Å². The summed E-state index contributed by atoms with van der Waals surface area (Å²) in [5.41, 5.74) is 0. The first-order chi connectivity index (χ1) is 35.7. The van der Waals surface area contributed by atoms with E-state index in [2.05, 4.69) is 99.0 Å². The third kappa shape index (κ3) is 37.9. The van der Waals surface area contributed by atoms with Crippen LogP contribution in [0.5, 0.6) is 0 Å². The average molecular weight is 1020 g/mol. The number of aliphatic hydroxyl groups is 5. The van der Waals surface area contributed by atoms with Crippen LogP contribution in [0.1, 0.15) is 220 Å². The van der Waals surface area contributed by atoms with Gasteiger partial charge in [-0.1, -0.05) is 208 Å². The van der Waals surface area contributed by atoms with Gasteiger partial charge in [-0.2, -0.15) is 0 Å². The average Bonchev–Trinajstić information content (AvgIpc) is 3.39. The van der Waals surface area contributed by atoms with Crippen molar-refractivity contribution in [2.75, 3.05) is 13.2 Å². The van der Waals surface area contributed by atoms with E-state index in [4.69, 9.17) is 14.2 Å². The van der Waals surface area contributed by atoms with Crippen LogP contribution in [0.15, 0.2) is 97.2 Å². The van der Waals surface area contributed by atoms with E-state index < -0.39 is 67.4 Å². The van der Waals surface area contributed by atoms with E-state index in [0.29, 0.717) is 12.8 Å². The molecule has 11 nitrogen and oxygen atoms in total. The van der Waals surface area contributed by atoms with Gasteiger partial charge in [0.1, 0.15) is 24.4 Å². The second kappa shape index (κ2) is 49.5. The fourth-order valence-corrected chi connectivity index (χ4v) is 8.29. The molecule has 1 aliphatic heterocycles. The number of nitrogens with one attached hydrogen (secondary N) is 1.